The molecule has 0 saturated heterocycles. The number of dihydropyridines is 1. The highest BCUT2D eigenvalue weighted by Crippen LogP contribution is 2.51. The second-order valence-electron chi connectivity index (χ2n) is 19.0. The highest BCUT2D eigenvalue weighted by Gasteiger charge is 2.36. The molecular weight excluding hydrogens is 851 g/mol. The first-order chi connectivity index (χ1) is 34.4. The van der Waals surface area contributed by atoms with E-state index in [1.54, 1.807) is 0 Å². The summed E-state index contributed by atoms with van der Waals surface area (Å²) in [5, 5.41) is 6.26. The van der Waals surface area contributed by atoms with Crippen LogP contribution in [0.15, 0.2) is 237 Å². The molecule has 2 aliphatic rings. The van der Waals surface area contributed by atoms with Crippen molar-refractivity contribution < 1.29 is 0 Å². The molecule has 5 heterocycles. The minimum Gasteiger partial charge on any atom is -0.374 e. The van der Waals surface area contributed by atoms with Crippen LogP contribution in [-0.2, 0) is 5.41 Å². The lowest BCUT2D eigenvalue weighted by atomic mass is 9.82. The van der Waals surface area contributed by atoms with Crippen molar-refractivity contribution in [1.82, 2.24) is 24.8 Å². The van der Waals surface area contributed by atoms with Gasteiger partial charge in [0.25, 0.3) is 0 Å². The van der Waals surface area contributed by atoms with Gasteiger partial charge in [-0.05, 0) is 170 Å². The molecule has 0 spiro atoms. The Balaban J connectivity index is 0.973. The summed E-state index contributed by atoms with van der Waals surface area (Å²) in [5.74, 6) is 0. The summed E-state index contributed by atoms with van der Waals surface area (Å²) >= 11 is 0. The van der Waals surface area contributed by atoms with Gasteiger partial charge in [0.05, 0.1) is 28.5 Å². The molecular formula is C65H47N5. The highest BCUT2D eigenvalue weighted by atomic mass is 15.0. The second kappa shape index (κ2) is 16.7. The van der Waals surface area contributed by atoms with E-state index in [0.29, 0.717) is 0 Å². The molecule has 1 unspecified atom stereocenters. The van der Waals surface area contributed by atoms with E-state index in [1.807, 2.05) is 49.1 Å². The van der Waals surface area contributed by atoms with E-state index in [4.69, 9.17) is 4.98 Å². The van der Waals surface area contributed by atoms with Gasteiger partial charge in [-0.3, -0.25) is 9.97 Å². The van der Waals surface area contributed by atoms with E-state index < -0.39 is 0 Å². The number of aromatic nitrogens is 4. The molecule has 0 saturated carbocycles. The number of rotatable bonds is 8. The van der Waals surface area contributed by atoms with E-state index in [0.717, 1.165) is 72.8 Å². The summed E-state index contributed by atoms with van der Waals surface area (Å²) in [6.07, 6.45) is 13.8. The van der Waals surface area contributed by atoms with Crippen LogP contribution in [0.3, 0.4) is 0 Å². The monoisotopic (exact) mass is 897 g/mol. The van der Waals surface area contributed by atoms with Crippen molar-refractivity contribution in [2.24, 2.45) is 0 Å². The van der Waals surface area contributed by atoms with Gasteiger partial charge in [0, 0.05) is 69.0 Å². The van der Waals surface area contributed by atoms with Crippen LogP contribution in [0.25, 0.3) is 100 Å². The quantitative estimate of drug-likeness (QED) is 0.165. The third-order valence-electron chi connectivity index (χ3n) is 14.4. The van der Waals surface area contributed by atoms with Gasteiger partial charge in [-0.25, -0.2) is 4.98 Å². The van der Waals surface area contributed by atoms with Crippen LogP contribution in [0, 0.1) is 0 Å². The summed E-state index contributed by atoms with van der Waals surface area (Å²) in [6, 6.07) is 70.9. The van der Waals surface area contributed by atoms with Crippen LogP contribution >= 0.6 is 0 Å². The molecule has 4 aromatic heterocycles. The normalized spacial score (nSPS) is 14.5. The van der Waals surface area contributed by atoms with Crippen molar-refractivity contribution in [3.63, 3.8) is 0 Å². The van der Waals surface area contributed by atoms with Crippen molar-refractivity contribution in [2.75, 3.05) is 0 Å². The zero-order valence-electron chi connectivity index (χ0n) is 38.9. The Morgan fingerprint density at radius 2 is 1.06 bits per heavy atom. The molecule has 11 aromatic rings. The summed E-state index contributed by atoms with van der Waals surface area (Å²) in [4.78, 5) is 13.6. The number of para-hydroxylation sites is 1. The van der Waals surface area contributed by atoms with Crippen molar-refractivity contribution in [3.05, 3.63) is 259 Å². The zero-order valence-corrected chi connectivity index (χ0v) is 38.9. The second-order valence-corrected chi connectivity index (χ2v) is 19.0. The molecule has 5 heteroatoms. The molecule has 0 radical (unpaired) electrons. The largest absolute Gasteiger partial charge is 0.374 e. The lowest BCUT2D eigenvalue weighted by Crippen LogP contribution is -2.20. The van der Waals surface area contributed by atoms with Gasteiger partial charge in [0.2, 0.25) is 0 Å². The van der Waals surface area contributed by atoms with Crippen LogP contribution in [0.2, 0.25) is 0 Å². The summed E-state index contributed by atoms with van der Waals surface area (Å²) < 4.78 is 2.45. The molecule has 0 fully saturated rings. The first-order valence-corrected chi connectivity index (χ1v) is 24.0. The first-order valence-electron chi connectivity index (χ1n) is 24.0. The minimum absolute atomic E-state index is 0.00573. The molecule has 7 aromatic carbocycles. The standard InChI is InChI=1S/C65H47N5/c1-65(2)57-19-7-6-18-53(57)54-40-56-55-39-46(24-25-63(55)70(64(56)41-58(54)65)52-16-4-3-5-17-52)51-37-49(44-12-8-14-47(34-44)61-22-10-20-59(68-61)42-26-30-66-31-27-42)36-50(38-51)45-13-9-15-48(35-45)62-23-11-21-60(69-62)43-28-32-67-33-29-43/h3-41,61,68H,1-2H3. The minimum atomic E-state index is -0.116. The number of fused-ring (bicyclic) bond motifs is 6. The van der Waals surface area contributed by atoms with Crippen molar-refractivity contribution in [2.45, 2.75) is 25.3 Å². The van der Waals surface area contributed by atoms with Crippen LogP contribution in [0.4, 0.5) is 0 Å². The Kier molecular flexibility index (Phi) is 9.84. The van der Waals surface area contributed by atoms with Gasteiger partial charge < -0.3 is 9.88 Å². The fraction of sp³-hybridized carbons (Fsp3) is 0.0615. The Morgan fingerprint density at radius 1 is 0.443 bits per heavy atom. The third kappa shape index (κ3) is 7.14. The maximum absolute atomic E-state index is 5.13. The molecule has 332 valence electrons. The maximum Gasteiger partial charge on any atom is 0.0710 e. The number of nitrogens with one attached hydrogen (secondary N) is 1. The molecule has 5 nitrogen and oxygen atoms in total. The van der Waals surface area contributed by atoms with E-state index in [9.17, 15) is 0 Å². The molecule has 0 amide bonds. The number of allylic oxidation sites excluding steroid dienone is 2. The number of hydrogen-bond acceptors (Lipinski definition) is 4. The number of benzene rings is 7. The topological polar surface area (TPSA) is 55.6 Å². The predicted octanol–water partition coefficient (Wildman–Crippen LogP) is 15.9. The lowest BCUT2D eigenvalue weighted by molar-refractivity contribution is 0.661. The van der Waals surface area contributed by atoms with E-state index in [2.05, 4.69) is 222 Å². The SMILES string of the molecule is CC1(C)c2ccccc2-c2cc3c4cc(-c5cc(-c6cccc(-c7cccc(-c8ccncc8)n7)c6)cc(-c6cccc(C7C=CC=C(c8ccncc8)N7)c6)c5)ccc4n(-c4ccccc4)c3cc21. The van der Waals surface area contributed by atoms with Crippen LogP contribution in [0.1, 0.15) is 42.1 Å². The Labute approximate surface area is 407 Å². The highest BCUT2D eigenvalue weighted by molar-refractivity contribution is 6.13. The van der Waals surface area contributed by atoms with E-state index in [1.165, 1.54) is 49.6 Å². The smallest absolute Gasteiger partial charge is 0.0710 e. The van der Waals surface area contributed by atoms with Crippen LogP contribution in [0.5, 0.6) is 0 Å². The summed E-state index contributed by atoms with van der Waals surface area (Å²) in [6.45, 7) is 4.73. The summed E-state index contributed by atoms with van der Waals surface area (Å²) in [7, 11) is 0. The lowest BCUT2D eigenvalue weighted by Gasteiger charge is -2.23. The molecule has 1 aliphatic heterocycles. The molecule has 13 rings (SSSR count). The molecule has 1 N–H and O–H groups in total. The molecule has 70 heavy (non-hydrogen) atoms. The third-order valence-corrected chi connectivity index (χ3v) is 14.4. The molecule has 1 atom stereocenters. The summed E-state index contributed by atoms with van der Waals surface area (Å²) in [5.41, 5.74) is 23.0. The number of pyridine rings is 3. The Hall–Kier alpha value is -8.93. The average molecular weight is 898 g/mol. The predicted molar refractivity (Wildman–Crippen MR) is 288 cm³/mol. The first kappa shape index (κ1) is 41.3. The van der Waals surface area contributed by atoms with E-state index in [-0.39, 0.29) is 11.5 Å². The van der Waals surface area contributed by atoms with Gasteiger partial charge in [-0.15, -0.1) is 0 Å². The van der Waals surface area contributed by atoms with Gasteiger partial charge in [-0.1, -0.05) is 117 Å². The Morgan fingerprint density at radius 3 is 1.83 bits per heavy atom. The zero-order chi connectivity index (χ0) is 46.8. The maximum atomic E-state index is 5.13. The number of nitrogens with zero attached hydrogens (tertiary/aromatic N) is 4. The van der Waals surface area contributed by atoms with Crippen molar-refractivity contribution in [1.29, 1.82) is 0 Å². The van der Waals surface area contributed by atoms with Crippen molar-refractivity contribution >= 4 is 27.5 Å². The number of hydrogen-bond donors (Lipinski definition) is 1. The average Bonchev–Trinajstić information content (AvgIpc) is 3.87. The van der Waals surface area contributed by atoms with Crippen molar-refractivity contribution in [3.8, 4) is 72.7 Å². The Bertz CT molecular complexity index is 3880. The van der Waals surface area contributed by atoms with E-state index >= 15 is 0 Å². The van der Waals surface area contributed by atoms with Gasteiger partial charge in [0.1, 0.15) is 0 Å². The van der Waals surface area contributed by atoms with Crippen LogP contribution in [-0.4, -0.2) is 19.5 Å². The van der Waals surface area contributed by atoms with Gasteiger partial charge in [-0.2, -0.15) is 0 Å². The van der Waals surface area contributed by atoms with Gasteiger partial charge >= 0.3 is 0 Å². The van der Waals surface area contributed by atoms with Gasteiger partial charge in [0.15, 0.2) is 0 Å². The van der Waals surface area contributed by atoms with Crippen LogP contribution < -0.4 is 5.32 Å². The molecule has 1 aliphatic carbocycles. The fourth-order valence-electron chi connectivity index (χ4n) is 10.9. The molecule has 0 bridgehead atoms. The fourth-order valence-corrected chi connectivity index (χ4v) is 10.9.